The largest absolute Gasteiger partial charge is 0.346 e. The fourth-order valence-electron chi connectivity index (χ4n) is 1.86. The predicted octanol–water partition coefficient (Wildman–Crippen LogP) is 1.93. The third-order valence-electron chi connectivity index (χ3n) is 3.20. The van der Waals surface area contributed by atoms with Gasteiger partial charge in [-0.1, -0.05) is 30.3 Å². The first-order valence-electron chi connectivity index (χ1n) is 6.74. The first-order valence-corrected chi connectivity index (χ1v) is 6.74. The predicted molar refractivity (Wildman–Crippen MR) is 90.3 cm³/mol. The van der Waals surface area contributed by atoms with E-state index in [1.807, 2.05) is 30.3 Å². The molecule has 0 radical (unpaired) electrons. The highest BCUT2D eigenvalue weighted by Crippen LogP contribution is 2.14. The normalized spacial score (nSPS) is 10.7. The van der Waals surface area contributed by atoms with Crippen molar-refractivity contribution in [1.82, 2.24) is 10.3 Å². The minimum atomic E-state index is -0.554. The second-order valence-electron chi connectivity index (χ2n) is 5.52. The van der Waals surface area contributed by atoms with Crippen LogP contribution in [0.15, 0.2) is 47.3 Å². The van der Waals surface area contributed by atoms with Crippen LogP contribution in [0.1, 0.15) is 24.2 Å². The van der Waals surface area contributed by atoms with E-state index in [9.17, 15) is 9.59 Å². The van der Waals surface area contributed by atoms with Crippen molar-refractivity contribution < 1.29 is 4.79 Å². The van der Waals surface area contributed by atoms with Crippen molar-refractivity contribution >= 4 is 18.3 Å². The molecule has 0 atom stereocenters. The molecule has 0 aliphatic carbocycles. The lowest BCUT2D eigenvalue weighted by atomic mass is 10.1. The number of nitrogens with one attached hydrogen (secondary N) is 2. The number of carbonyl (C=O) groups excluding carboxylic acids is 1. The molecule has 0 bridgehead atoms. The van der Waals surface area contributed by atoms with Crippen LogP contribution < -0.4 is 16.6 Å². The number of amides is 1. The first kappa shape index (κ1) is 17.9. The van der Waals surface area contributed by atoms with Gasteiger partial charge in [-0.2, -0.15) is 0 Å². The number of H-pyrrole nitrogens is 1. The summed E-state index contributed by atoms with van der Waals surface area (Å²) in [4.78, 5) is 26.9. The number of benzene rings is 1. The Morgan fingerprint density at radius 3 is 2.36 bits per heavy atom. The minimum Gasteiger partial charge on any atom is -0.346 e. The zero-order valence-electron chi connectivity index (χ0n) is 12.6. The van der Waals surface area contributed by atoms with Crippen molar-refractivity contribution in [2.45, 2.75) is 19.4 Å². The van der Waals surface area contributed by atoms with Crippen LogP contribution in [0.25, 0.3) is 11.3 Å². The van der Waals surface area contributed by atoms with Gasteiger partial charge in [-0.15, -0.1) is 12.4 Å². The van der Waals surface area contributed by atoms with Crippen LogP contribution in [-0.2, 0) is 0 Å². The van der Waals surface area contributed by atoms with E-state index in [1.54, 1.807) is 19.9 Å². The Labute approximate surface area is 135 Å². The van der Waals surface area contributed by atoms with Crippen molar-refractivity contribution in [2.24, 2.45) is 5.73 Å². The topological polar surface area (TPSA) is 88.0 Å². The molecular weight excluding hydrogens is 302 g/mol. The molecule has 0 spiro atoms. The fraction of sp³-hybridized carbons (Fsp3) is 0.250. The molecule has 0 fully saturated rings. The second kappa shape index (κ2) is 7.24. The van der Waals surface area contributed by atoms with Crippen LogP contribution in [0.2, 0.25) is 0 Å². The SMILES string of the molecule is CC(C)(CN)NC(=O)c1ccc(-c2ccccc2)[nH]c1=O.Cl. The summed E-state index contributed by atoms with van der Waals surface area (Å²) in [7, 11) is 0. The van der Waals surface area contributed by atoms with Gasteiger partial charge in [0.1, 0.15) is 5.56 Å². The molecule has 0 aliphatic heterocycles. The summed E-state index contributed by atoms with van der Waals surface area (Å²) in [6, 6.07) is 12.7. The van der Waals surface area contributed by atoms with E-state index in [4.69, 9.17) is 5.73 Å². The van der Waals surface area contributed by atoms with Gasteiger partial charge in [0, 0.05) is 17.8 Å². The van der Waals surface area contributed by atoms with E-state index in [1.165, 1.54) is 6.07 Å². The summed E-state index contributed by atoms with van der Waals surface area (Å²) < 4.78 is 0. The van der Waals surface area contributed by atoms with E-state index >= 15 is 0 Å². The van der Waals surface area contributed by atoms with Gasteiger partial charge in [0.2, 0.25) is 0 Å². The van der Waals surface area contributed by atoms with E-state index in [2.05, 4.69) is 10.3 Å². The molecule has 6 heteroatoms. The summed E-state index contributed by atoms with van der Waals surface area (Å²) in [5, 5.41) is 2.74. The van der Waals surface area contributed by atoms with Crippen molar-refractivity contribution in [1.29, 1.82) is 0 Å². The van der Waals surface area contributed by atoms with E-state index in [0.717, 1.165) is 5.56 Å². The van der Waals surface area contributed by atoms with Gasteiger partial charge < -0.3 is 16.0 Å². The lowest BCUT2D eigenvalue weighted by molar-refractivity contribution is 0.0914. The molecule has 1 heterocycles. The number of hydrogen-bond acceptors (Lipinski definition) is 3. The van der Waals surface area contributed by atoms with E-state index in [0.29, 0.717) is 12.2 Å². The zero-order valence-corrected chi connectivity index (χ0v) is 13.4. The third-order valence-corrected chi connectivity index (χ3v) is 3.20. The highest BCUT2D eigenvalue weighted by atomic mass is 35.5. The number of carbonyl (C=O) groups is 1. The molecule has 22 heavy (non-hydrogen) atoms. The highest BCUT2D eigenvalue weighted by molar-refractivity contribution is 5.94. The quantitative estimate of drug-likeness (QED) is 0.804. The molecule has 0 unspecified atom stereocenters. The fourth-order valence-corrected chi connectivity index (χ4v) is 1.86. The molecule has 2 aromatic rings. The number of halogens is 1. The van der Waals surface area contributed by atoms with Gasteiger partial charge in [-0.3, -0.25) is 9.59 Å². The number of pyridine rings is 1. The lowest BCUT2D eigenvalue weighted by Gasteiger charge is -2.23. The molecule has 2 rings (SSSR count). The number of aromatic nitrogens is 1. The molecule has 5 nitrogen and oxygen atoms in total. The molecular formula is C16H20ClN3O2. The number of nitrogens with two attached hydrogens (primary N) is 1. The van der Waals surface area contributed by atoms with Crippen LogP contribution in [-0.4, -0.2) is 23.0 Å². The van der Waals surface area contributed by atoms with Crippen LogP contribution in [0.3, 0.4) is 0 Å². The smallest absolute Gasteiger partial charge is 0.261 e. The van der Waals surface area contributed by atoms with Gasteiger partial charge in [0.25, 0.3) is 11.5 Å². The van der Waals surface area contributed by atoms with Gasteiger partial charge in [-0.05, 0) is 31.5 Å². The number of rotatable bonds is 4. The maximum Gasteiger partial charge on any atom is 0.261 e. The van der Waals surface area contributed by atoms with Gasteiger partial charge >= 0.3 is 0 Å². The second-order valence-corrected chi connectivity index (χ2v) is 5.52. The van der Waals surface area contributed by atoms with Crippen molar-refractivity contribution in [2.75, 3.05) is 6.54 Å². The van der Waals surface area contributed by atoms with Crippen molar-refractivity contribution in [3.8, 4) is 11.3 Å². The van der Waals surface area contributed by atoms with Crippen molar-refractivity contribution in [3.05, 3.63) is 58.4 Å². The maximum atomic E-state index is 12.1. The molecule has 4 N–H and O–H groups in total. The first-order chi connectivity index (χ1) is 9.93. The maximum absolute atomic E-state index is 12.1. The molecule has 0 aliphatic rings. The standard InChI is InChI=1S/C16H19N3O2.ClH/c1-16(2,10-17)19-15(21)12-8-9-13(18-14(12)20)11-6-4-3-5-7-11;/h3-9H,10,17H2,1-2H3,(H,18,20)(H,19,21);1H. The molecule has 0 saturated heterocycles. The summed E-state index contributed by atoms with van der Waals surface area (Å²) >= 11 is 0. The average molecular weight is 322 g/mol. The Morgan fingerprint density at radius 2 is 1.82 bits per heavy atom. The average Bonchev–Trinajstić information content (AvgIpc) is 2.47. The molecule has 118 valence electrons. The Balaban J connectivity index is 0.00000242. The molecule has 1 aromatic heterocycles. The summed E-state index contributed by atoms with van der Waals surface area (Å²) in [5.41, 5.74) is 6.25. The third kappa shape index (κ3) is 4.19. The minimum absolute atomic E-state index is 0. The molecule has 1 aromatic carbocycles. The van der Waals surface area contributed by atoms with Gasteiger partial charge in [0.05, 0.1) is 0 Å². The summed E-state index contributed by atoms with van der Waals surface area (Å²) in [6.07, 6.45) is 0. The molecule has 0 saturated carbocycles. The van der Waals surface area contributed by atoms with Crippen molar-refractivity contribution in [3.63, 3.8) is 0 Å². The van der Waals surface area contributed by atoms with Crippen LogP contribution >= 0.6 is 12.4 Å². The Bertz CT molecular complexity index is 696. The van der Waals surface area contributed by atoms with Crippen LogP contribution in [0.4, 0.5) is 0 Å². The Hall–Kier alpha value is -2.11. The summed E-state index contributed by atoms with van der Waals surface area (Å²) in [5.74, 6) is -0.425. The highest BCUT2D eigenvalue weighted by Gasteiger charge is 2.21. The number of aromatic amines is 1. The summed E-state index contributed by atoms with van der Waals surface area (Å²) in [6.45, 7) is 3.90. The Morgan fingerprint density at radius 1 is 1.18 bits per heavy atom. The Kier molecular flexibility index (Phi) is 5.91. The monoisotopic (exact) mass is 321 g/mol. The van der Waals surface area contributed by atoms with Gasteiger partial charge in [-0.25, -0.2) is 0 Å². The van der Waals surface area contributed by atoms with Crippen LogP contribution in [0.5, 0.6) is 0 Å². The van der Waals surface area contributed by atoms with Crippen LogP contribution in [0, 0.1) is 0 Å². The van der Waals surface area contributed by atoms with Gasteiger partial charge in [0.15, 0.2) is 0 Å². The zero-order chi connectivity index (χ0) is 15.5. The van der Waals surface area contributed by atoms with E-state index in [-0.39, 0.29) is 18.0 Å². The number of hydrogen-bond donors (Lipinski definition) is 3. The molecule has 1 amide bonds. The lowest BCUT2D eigenvalue weighted by Crippen LogP contribution is -2.49. The van der Waals surface area contributed by atoms with E-state index < -0.39 is 17.0 Å².